The molecule has 5 heteroatoms. The van der Waals surface area contributed by atoms with Gasteiger partial charge in [0.25, 0.3) is 0 Å². The minimum absolute atomic E-state index is 0.0173. The topological polar surface area (TPSA) is 87.0 Å². The van der Waals surface area contributed by atoms with Crippen LogP contribution in [0.15, 0.2) is 11.6 Å². The number of carboxylic acid groups (broad SMARTS) is 1. The molecule has 0 aromatic heterocycles. The van der Waals surface area contributed by atoms with E-state index in [1.807, 2.05) is 19.9 Å². The standard InChI is InChI=1S/C22H30O5/c1-3-4-5-6-15(2)20(23)8-7-18-19-12-16(9-10-27-14-22(25)26)11-17(19)13-21(18)24/h9,15,17-21,23-24H,3,6,10-14H2,1-2H3,(H,25,26)/b16-9+/t15-,17?,18+,19-,20+,21+/m0/s1. The summed E-state index contributed by atoms with van der Waals surface area (Å²) in [6.45, 7) is 3.94. The molecule has 2 saturated carbocycles. The number of carboxylic acids is 1. The van der Waals surface area contributed by atoms with E-state index < -0.39 is 18.2 Å². The Morgan fingerprint density at radius 1 is 1.37 bits per heavy atom. The monoisotopic (exact) mass is 374 g/mol. The number of hydrogen-bond donors (Lipinski definition) is 3. The number of allylic oxidation sites excluding steroid dienone is 1. The number of aliphatic hydroxyl groups excluding tert-OH is 2. The van der Waals surface area contributed by atoms with Gasteiger partial charge < -0.3 is 20.1 Å². The Morgan fingerprint density at radius 2 is 2.15 bits per heavy atom. The molecule has 0 aromatic rings. The van der Waals surface area contributed by atoms with Crippen molar-refractivity contribution >= 4 is 5.97 Å². The number of carbonyl (C=O) groups is 1. The van der Waals surface area contributed by atoms with Crippen molar-refractivity contribution in [1.82, 2.24) is 0 Å². The van der Waals surface area contributed by atoms with E-state index in [-0.39, 0.29) is 18.4 Å². The molecule has 2 aliphatic carbocycles. The quantitative estimate of drug-likeness (QED) is 0.377. The van der Waals surface area contributed by atoms with Crippen LogP contribution in [0.5, 0.6) is 0 Å². The number of fused-ring (bicyclic) bond motifs is 1. The fraction of sp³-hybridized carbons (Fsp3) is 0.682. The van der Waals surface area contributed by atoms with Gasteiger partial charge in [-0.3, -0.25) is 0 Å². The first-order valence-electron chi connectivity index (χ1n) is 9.72. The maximum Gasteiger partial charge on any atom is 0.329 e. The van der Waals surface area contributed by atoms with E-state index in [2.05, 4.69) is 23.7 Å². The smallest absolute Gasteiger partial charge is 0.329 e. The Balaban J connectivity index is 1.91. The van der Waals surface area contributed by atoms with Crippen LogP contribution in [-0.2, 0) is 9.53 Å². The first-order chi connectivity index (χ1) is 12.9. The van der Waals surface area contributed by atoms with Crippen molar-refractivity contribution in [1.29, 1.82) is 0 Å². The fourth-order valence-corrected chi connectivity index (χ4v) is 3.95. The average Bonchev–Trinajstić information content (AvgIpc) is 3.13. The molecule has 0 spiro atoms. The zero-order chi connectivity index (χ0) is 19.8. The van der Waals surface area contributed by atoms with Crippen molar-refractivity contribution in [2.45, 2.75) is 58.2 Å². The summed E-state index contributed by atoms with van der Waals surface area (Å²) in [6, 6.07) is 0. The maximum atomic E-state index is 10.5. The van der Waals surface area contributed by atoms with E-state index in [4.69, 9.17) is 9.84 Å². The molecule has 0 saturated heterocycles. The zero-order valence-electron chi connectivity index (χ0n) is 16.1. The lowest BCUT2D eigenvalue weighted by Gasteiger charge is -2.16. The van der Waals surface area contributed by atoms with Gasteiger partial charge in [0.2, 0.25) is 0 Å². The minimum Gasteiger partial charge on any atom is -0.480 e. The Labute approximate surface area is 161 Å². The third-order valence-corrected chi connectivity index (χ3v) is 5.43. The van der Waals surface area contributed by atoms with Gasteiger partial charge in [0.15, 0.2) is 0 Å². The van der Waals surface area contributed by atoms with Gasteiger partial charge in [-0.05, 0) is 31.1 Å². The van der Waals surface area contributed by atoms with Crippen molar-refractivity contribution < 1.29 is 24.9 Å². The lowest BCUT2D eigenvalue weighted by molar-refractivity contribution is -0.141. The summed E-state index contributed by atoms with van der Waals surface area (Å²) < 4.78 is 5.08. The molecule has 6 atom stereocenters. The van der Waals surface area contributed by atoms with Gasteiger partial charge in [-0.15, -0.1) is 11.8 Å². The molecule has 5 nitrogen and oxygen atoms in total. The molecule has 148 valence electrons. The van der Waals surface area contributed by atoms with Crippen LogP contribution in [0, 0.1) is 47.4 Å². The summed E-state index contributed by atoms with van der Waals surface area (Å²) in [4.78, 5) is 10.5. The Kier molecular flexibility index (Phi) is 8.38. The van der Waals surface area contributed by atoms with Crippen molar-refractivity contribution in [2.75, 3.05) is 13.2 Å². The number of rotatable bonds is 6. The zero-order valence-corrected chi connectivity index (χ0v) is 16.1. The third-order valence-electron chi connectivity index (χ3n) is 5.43. The summed E-state index contributed by atoms with van der Waals surface area (Å²) in [5, 5.41) is 29.2. The highest BCUT2D eigenvalue weighted by Crippen LogP contribution is 2.49. The van der Waals surface area contributed by atoms with Crippen LogP contribution in [0.1, 0.15) is 46.0 Å². The van der Waals surface area contributed by atoms with Gasteiger partial charge in [0, 0.05) is 24.7 Å². The van der Waals surface area contributed by atoms with Gasteiger partial charge in [0.05, 0.1) is 12.7 Å². The second kappa shape index (κ2) is 10.5. The van der Waals surface area contributed by atoms with Crippen LogP contribution in [0.3, 0.4) is 0 Å². The van der Waals surface area contributed by atoms with Gasteiger partial charge in [0.1, 0.15) is 12.7 Å². The Hall–Kier alpha value is -1.79. The van der Waals surface area contributed by atoms with Crippen molar-refractivity contribution in [3.8, 4) is 23.7 Å². The second-order valence-corrected chi connectivity index (χ2v) is 7.55. The van der Waals surface area contributed by atoms with E-state index in [0.29, 0.717) is 24.9 Å². The van der Waals surface area contributed by atoms with Gasteiger partial charge >= 0.3 is 5.97 Å². The molecule has 0 heterocycles. The lowest BCUT2D eigenvalue weighted by Crippen LogP contribution is -2.19. The number of aliphatic carboxylic acids is 1. The molecule has 2 fully saturated rings. The lowest BCUT2D eigenvalue weighted by atomic mass is 9.91. The van der Waals surface area contributed by atoms with Crippen LogP contribution in [0.4, 0.5) is 0 Å². The molecule has 0 amide bonds. The van der Waals surface area contributed by atoms with Crippen molar-refractivity contribution in [3.05, 3.63) is 11.6 Å². The molecule has 3 N–H and O–H groups in total. The largest absolute Gasteiger partial charge is 0.480 e. The average molecular weight is 374 g/mol. The first kappa shape index (κ1) is 21.5. The van der Waals surface area contributed by atoms with Crippen LogP contribution < -0.4 is 0 Å². The second-order valence-electron chi connectivity index (χ2n) is 7.55. The molecule has 0 aliphatic heterocycles. The summed E-state index contributed by atoms with van der Waals surface area (Å²) in [6.07, 6.45) is 4.69. The van der Waals surface area contributed by atoms with Crippen molar-refractivity contribution in [3.63, 3.8) is 0 Å². The number of aliphatic hydroxyl groups is 2. The van der Waals surface area contributed by atoms with E-state index >= 15 is 0 Å². The highest BCUT2D eigenvalue weighted by molar-refractivity contribution is 5.68. The molecule has 2 rings (SSSR count). The molecule has 0 radical (unpaired) electrons. The SMILES string of the molecule is CCC#CC[C@H](C)[C@H](O)C#C[C@H]1[C@H](O)CC2C/C(=C\COCC(=O)O)C[C@@H]21. The number of hydrogen-bond acceptors (Lipinski definition) is 4. The molecular formula is C22H30O5. The van der Waals surface area contributed by atoms with Gasteiger partial charge in [-0.2, -0.15) is 0 Å². The summed E-state index contributed by atoms with van der Waals surface area (Å²) >= 11 is 0. The molecule has 0 bridgehead atoms. The van der Waals surface area contributed by atoms with E-state index in [0.717, 1.165) is 25.7 Å². The predicted octanol–water partition coefficient (Wildman–Crippen LogP) is 2.22. The molecule has 1 unspecified atom stereocenters. The van der Waals surface area contributed by atoms with Crippen LogP contribution >= 0.6 is 0 Å². The van der Waals surface area contributed by atoms with Gasteiger partial charge in [-0.25, -0.2) is 4.79 Å². The van der Waals surface area contributed by atoms with Crippen LogP contribution in [0.2, 0.25) is 0 Å². The summed E-state index contributed by atoms with van der Waals surface area (Å²) in [5.41, 5.74) is 1.25. The normalized spacial score (nSPS) is 30.0. The highest BCUT2D eigenvalue weighted by Gasteiger charge is 2.45. The summed E-state index contributed by atoms with van der Waals surface area (Å²) in [7, 11) is 0. The summed E-state index contributed by atoms with van der Waals surface area (Å²) in [5.74, 6) is 11.7. The third kappa shape index (κ3) is 6.40. The van der Waals surface area contributed by atoms with E-state index in [9.17, 15) is 15.0 Å². The highest BCUT2D eigenvalue weighted by atomic mass is 16.5. The van der Waals surface area contributed by atoms with E-state index in [1.54, 1.807) is 0 Å². The van der Waals surface area contributed by atoms with Gasteiger partial charge in [-0.1, -0.05) is 37.3 Å². The van der Waals surface area contributed by atoms with E-state index in [1.165, 1.54) is 5.57 Å². The maximum absolute atomic E-state index is 10.5. The number of ether oxygens (including phenoxy) is 1. The molecule has 0 aromatic carbocycles. The Bertz CT molecular complexity index is 660. The fourth-order valence-electron chi connectivity index (χ4n) is 3.95. The molecule has 2 aliphatic rings. The van der Waals surface area contributed by atoms with Crippen LogP contribution in [0.25, 0.3) is 0 Å². The first-order valence-corrected chi connectivity index (χ1v) is 9.72. The Morgan fingerprint density at radius 3 is 2.85 bits per heavy atom. The molecular weight excluding hydrogens is 344 g/mol. The minimum atomic E-state index is -0.969. The predicted molar refractivity (Wildman–Crippen MR) is 102 cm³/mol. The molecule has 27 heavy (non-hydrogen) atoms. The van der Waals surface area contributed by atoms with Crippen molar-refractivity contribution in [2.24, 2.45) is 23.7 Å². The van der Waals surface area contributed by atoms with Crippen LogP contribution in [-0.4, -0.2) is 46.7 Å².